The summed E-state index contributed by atoms with van der Waals surface area (Å²) in [5, 5.41) is 23.6. The van der Waals surface area contributed by atoms with E-state index in [1.165, 1.54) is 4.90 Å². The second-order valence-corrected chi connectivity index (χ2v) is 9.70. The number of aryl methyl sites for hydroxylation is 1. The van der Waals surface area contributed by atoms with Crippen LogP contribution in [0.1, 0.15) is 68.7 Å². The van der Waals surface area contributed by atoms with Gasteiger partial charge in [0.1, 0.15) is 12.5 Å². The van der Waals surface area contributed by atoms with E-state index in [1.807, 2.05) is 19.1 Å². The average molecular weight is 506 g/mol. The van der Waals surface area contributed by atoms with Crippen LogP contribution in [0.2, 0.25) is 0 Å². The number of para-hydroxylation sites is 1. The molecule has 0 spiro atoms. The summed E-state index contributed by atoms with van der Waals surface area (Å²) in [6.45, 7) is 12.9. The number of unbranched alkanes of at least 4 members (excludes halogenated alkanes) is 2. The Morgan fingerprint density at radius 3 is 2.19 bits per heavy atom. The molecule has 2 aromatic rings. The van der Waals surface area contributed by atoms with Gasteiger partial charge < -0.3 is 20.1 Å². The van der Waals surface area contributed by atoms with Gasteiger partial charge in [-0.2, -0.15) is 4.74 Å². The highest BCUT2D eigenvalue weighted by molar-refractivity contribution is 6.46. The molecule has 0 radical (unpaired) electrons. The van der Waals surface area contributed by atoms with Gasteiger partial charge in [0.05, 0.1) is 17.2 Å². The van der Waals surface area contributed by atoms with Crippen molar-refractivity contribution in [2.75, 3.05) is 26.2 Å². The number of Topliss-reactive ketones (excluding diaryl/α,β-unsaturated/α-hetero) is 1. The number of nitrogens with zero attached hydrogens (tertiary/aromatic N) is 3. The van der Waals surface area contributed by atoms with E-state index in [0.717, 1.165) is 50.9 Å². The van der Waals surface area contributed by atoms with Crippen LogP contribution in [0, 0.1) is 12.1 Å². The maximum atomic E-state index is 13.3. The third kappa shape index (κ3) is 6.66. The maximum absolute atomic E-state index is 13.3. The standard InChI is InChI=1S/C30H39N3O4/c1-5-7-18-32(19-8-6-2)20-11-21-33-27(24-12-9-10-13-25(24)31(4)37)26(29(35)30(33)36)28(34)23-16-14-22(3)15-17-23/h9-10,12-17,27,34H,4-8,11,18-21H2,1-3H3/t27-/m0/s1. The number of hydrogen-bond donors (Lipinski definition) is 1. The van der Waals surface area contributed by atoms with Crippen molar-refractivity contribution in [3.05, 3.63) is 76.0 Å². The van der Waals surface area contributed by atoms with Crippen LogP contribution in [0.3, 0.4) is 0 Å². The molecule has 1 fully saturated rings. The first-order chi connectivity index (χ1) is 17.8. The number of aliphatic hydroxyl groups excluding tert-OH is 1. The molecule has 1 aliphatic rings. The van der Waals surface area contributed by atoms with Crippen molar-refractivity contribution in [1.82, 2.24) is 9.80 Å². The van der Waals surface area contributed by atoms with Gasteiger partial charge in [-0.3, -0.25) is 9.59 Å². The van der Waals surface area contributed by atoms with Crippen LogP contribution >= 0.6 is 0 Å². The van der Waals surface area contributed by atoms with Gasteiger partial charge in [0, 0.05) is 18.2 Å². The third-order valence-electron chi connectivity index (χ3n) is 6.89. The first kappa shape index (κ1) is 28.1. The molecule has 198 valence electrons. The molecule has 1 amide bonds. The summed E-state index contributed by atoms with van der Waals surface area (Å²) in [6, 6.07) is 13.0. The van der Waals surface area contributed by atoms with Crippen LogP contribution in [-0.2, 0) is 9.59 Å². The summed E-state index contributed by atoms with van der Waals surface area (Å²) in [6.07, 6.45) is 5.13. The van der Waals surface area contributed by atoms with Crippen molar-refractivity contribution < 1.29 is 19.4 Å². The second-order valence-electron chi connectivity index (χ2n) is 9.70. The molecule has 1 saturated heterocycles. The average Bonchev–Trinajstić information content (AvgIpc) is 3.14. The molecular formula is C30H39N3O4. The molecular weight excluding hydrogens is 466 g/mol. The van der Waals surface area contributed by atoms with Gasteiger partial charge in [-0.25, -0.2) is 0 Å². The van der Waals surface area contributed by atoms with Crippen molar-refractivity contribution in [1.29, 1.82) is 0 Å². The van der Waals surface area contributed by atoms with E-state index < -0.39 is 17.7 Å². The SMILES string of the molecule is C=[N+]([O-])c1ccccc1[C@H]1C(=C(O)c2ccc(C)cc2)C(=O)C(=O)N1CCCN(CCCC)CCCC. The highest BCUT2D eigenvalue weighted by atomic mass is 16.5. The summed E-state index contributed by atoms with van der Waals surface area (Å²) in [5.41, 5.74) is 2.17. The molecule has 0 aromatic heterocycles. The Balaban J connectivity index is 1.99. The Bertz CT molecular complexity index is 1130. The van der Waals surface area contributed by atoms with Crippen molar-refractivity contribution in [2.45, 2.75) is 58.9 Å². The van der Waals surface area contributed by atoms with E-state index in [0.29, 0.717) is 28.8 Å². The Hall–Kier alpha value is -3.45. The van der Waals surface area contributed by atoms with Gasteiger partial charge in [-0.1, -0.05) is 68.7 Å². The second kappa shape index (κ2) is 13.2. The number of benzene rings is 2. The lowest BCUT2D eigenvalue weighted by molar-refractivity contribution is -0.350. The van der Waals surface area contributed by atoms with Gasteiger partial charge in [-0.05, 0) is 51.9 Å². The molecule has 1 atom stereocenters. The first-order valence-corrected chi connectivity index (χ1v) is 13.2. The van der Waals surface area contributed by atoms with Crippen LogP contribution in [0.25, 0.3) is 5.76 Å². The molecule has 3 rings (SSSR count). The number of amides is 1. The Morgan fingerprint density at radius 1 is 1.00 bits per heavy atom. The molecule has 0 saturated carbocycles. The van der Waals surface area contributed by atoms with Crippen LogP contribution < -0.4 is 0 Å². The lowest BCUT2D eigenvalue weighted by Crippen LogP contribution is -2.34. The minimum absolute atomic E-state index is 0.00280. The number of carbonyl (C=O) groups is 2. The number of hydrogen-bond acceptors (Lipinski definition) is 5. The van der Waals surface area contributed by atoms with Crippen LogP contribution in [0.5, 0.6) is 0 Å². The highest BCUT2D eigenvalue weighted by Gasteiger charge is 2.47. The Labute approximate surface area is 220 Å². The maximum Gasteiger partial charge on any atom is 0.295 e. The molecule has 37 heavy (non-hydrogen) atoms. The topological polar surface area (TPSA) is 86.9 Å². The molecule has 0 unspecified atom stereocenters. The zero-order valence-corrected chi connectivity index (χ0v) is 22.3. The summed E-state index contributed by atoms with van der Waals surface area (Å²) in [7, 11) is 0. The highest BCUT2D eigenvalue weighted by Crippen LogP contribution is 2.42. The smallest absolute Gasteiger partial charge is 0.295 e. The summed E-state index contributed by atoms with van der Waals surface area (Å²) in [4.78, 5) is 30.5. The van der Waals surface area contributed by atoms with Crippen LogP contribution in [0.15, 0.2) is 54.1 Å². The molecule has 7 nitrogen and oxygen atoms in total. The number of rotatable bonds is 13. The van der Waals surface area contributed by atoms with Crippen molar-refractivity contribution in [2.24, 2.45) is 0 Å². The van der Waals surface area contributed by atoms with Gasteiger partial charge in [-0.15, -0.1) is 0 Å². The van der Waals surface area contributed by atoms with Crippen molar-refractivity contribution in [3.8, 4) is 0 Å². The Morgan fingerprint density at radius 2 is 1.59 bits per heavy atom. The summed E-state index contributed by atoms with van der Waals surface area (Å²) in [5.74, 6) is -1.65. The van der Waals surface area contributed by atoms with E-state index in [-0.39, 0.29) is 17.0 Å². The van der Waals surface area contributed by atoms with Gasteiger partial charge >= 0.3 is 0 Å². The van der Waals surface area contributed by atoms with Gasteiger partial charge in [0.2, 0.25) is 5.69 Å². The number of carbonyl (C=O) groups excluding carboxylic acids is 2. The zero-order valence-electron chi connectivity index (χ0n) is 22.3. The molecule has 7 heteroatoms. The van der Waals surface area contributed by atoms with Gasteiger partial charge in [0.25, 0.3) is 11.7 Å². The molecule has 1 aliphatic heterocycles. The number of likely N-dealkylation sites (tertiary alicyclic amines) is 1. The van der Waals surface area contributed by atoms with E-state index in [1.54, 1.807) is 36.4 Å². The number of aliphatic hydroxyl groups is 1. The Kier molecular flexibility index (Phi) is 10.0. The molecule has 0 bridgehead atoms. The minimum atomic E-state index is -0.879. The summed E-state index contributed by atoms with van der Waals surface area (Å²) >= 11 is 0. The quantitative estimate of drug-likeness (QED) is 0.0733. The normalized spacial score (nSPS) is 17.1. The van der Waals surface area contributed by atoms with Crippen molar-refractivity contribution in [3.63, 3.8) is 0 Å². The predicted octanol–water partition coefficient (Wildman–Crippen LogP) is 5.55. The fourth-order valence-electron chi connectivity index (χ4n) is 4.81. The third-order valence-corrected chi connectivity index (χ3v) is 6.89. The lowest BCUT2D eigenvalue weighted by Gasteiger charge is -2.28. The molecule has 2 aromatic carbocycles. The number of ketones is 1. The fraction of sp³-hybridized carbons (Fsp3) is 0.433. The van der Waals surface area contributed by atoms with Crippen LogP contribution in [0.4, 0.5) is 5.69 Å². The minimum Gasteiger partial charge on any atom is -0.619 e. The van der Waals surface area contributed by atoms with Gasteiger partial charge in [0.15, 0.2) is 0 Å². The van der Waals surface area contributed by atoms with Crippen LogP contribution in [-0.4, -0.2) is 64.2 Å². The zero-order chi connectivity index (χ0) is 26.9. The summed E-state index contributed by atoms with van der Waals surface area (Å²) < 4.78 is 0.485. The van der Waals surface area contributed by atoms with E-state index in [4.69, 9.17) is 0 Å². The van der Waals surface area contributed by atoms with E-state index in [9.17, 15) is 19.9 Å². The lowest BCUT2D eigenvalue weighted by atomic mass is 9.94. The monoisotopic (exact) mass is 505 g/mol. The molecule has 1 heterocycles. The first-order valence-electron chi connectivity index (χ1n) is 13.2. The fourth-order valence-corrected chi connectivity index (χ4v) is 4.81. The molecule has 0 aliphatic carbocycles. The largest absolute Gasteiger partial charge is 0.619 e. The predicted molar refractivity (Wildman–Crippen MR) is 148 cm³/mol. The van der Waals surface area contributed by atoms with E-state index in [2.05, 4.69) is 25.5 Å². The molecule has 1 N–H and O–H groups in total. The van der Waals surface area contributed by atoms with E-state index >= 15 is 0 Å². The van der Waals surface area contributed by atoms with Crippen molar-refractivity contribution >= 4 is 29.9 Å².